The van der Waals surface area contributed by atoms with Gasteiger partial charge in [-0.2, -0.15) is 0 Å². The highest BCUT2D eigenvalue weighted by atomic mass is 16.1. The number of rotatable bonds is 4. The number of nitrogens with one attached hydrogen (secondary N) is 1. The molecule has 6 rings (SSSR count). The van der Waals surface area contributed by atoms with E-state index < -0.39 is 0 Å². The lowest BCUT2D eigenvalue weighted by Crippen LogP contribution is -2.47. The van der Waals surface area contributed by atoms with E-state index in [2.05, 4.69) is 10.3 Å². The lowest BCUT2D eigenvalue weighted by atomic mass is 9.48. The van der Waals surface area contributed by atoms with Crippen molar-refractivity contribution >= 4 is 17.4 Å². The van der Waals surface area contributed by atoms with E-state index in [0.717, 1.165) is 46.8 Å². The largest absolute Gasteiger partial charge is 0.399 e. The smallest absolute Gasteiger partial charge is 0.222 e. The van der Waals surface area contributed by atoms with Crippen LogP contribution < -0.4 is 11.1 Å². The average molecular weight is 377 g/mol. The molecule has 1 heterocycles. The normalized spacial score (nSPS) is 30.4. The van der Waals surface area contributed by atoms with Crippen molar-refractivity contribution in [3.05, 3.63) is 36.2 Å². The summed E-state index contributed by atoms with van der Waals surface area (Å²) in [6, 6.07) is 7.73. The molecule has 2 aromatic rings. The van der Waals surface area contributed by atoms with Crippen molar-refractivity contribution in [3.8, 4) is 11.3 Å². The van der Waals surface area contributed by atoms with Gasteiger partial charge in [-0.05, 0) is 80.2 Å². The van der Waals surface area contributed by atoms with Crippen LogP contribution in [0.3, 0.4) is 0 Å². The zero-order chi connectivity index (χ0) is 19.3. The number of anilines is 2. The number of hydrogen-bond donors (Lipinski definition) is 2. The topological polar surface area (TPSA) is 80.9 Å². The van der Waals surface area contributed by atoms with Crippen LogP contribution in [0.15, 0.2) is 30.5 Å². The molecule has 4 aliphatic carbocycles. The Morgan fingerprint density at radius 2 is 1.71 bits per heavy atom. The van der Waals surface area contributed by atoms with Gasteiger partial charge in [-0.1, -0.05) is 12.1 Å². The van der Waals surface area contributed by atoms with Gasteiger partial charge in [-0.15, -0.1) is 0 Å². The molecule has 0 saturated heterocycles. The Kier molecular flexibility index (Phi) is 4.14. The molecule has 4 aliphatic rings. The summed E-state index contributed by atoms with van der Waals surface area (Å²) in [6.07, 6.45) is 10.9. The predicted octanol–water partition coefficient (Wildman–Crippen LogP) is 4.44. The van der Waals surface area contributed by atoms with Crippen molar-refractivity contribution in [1.82, 2.24) is 9.97 Å². The summed E-state index contributed by atoms with van der Waals surface area (Å²) in [6.45, 7) is 1.53. The highest BCUT2D eigenvalue weighted by Crippen LogP contribution is 2.61. The Balaban J connectivity index is 1.50. The lowest BCUT2D eigenvalue weighted by Gasteiger charge is -2.57. The summed E-state index contributed by atoms with van der Waals surface area (Å²) in [4.78, 5) is 21.3. The van der Waals surface area contributed by atoms with E-state index in [4.69, 9.17) is 10.7 Å². The molecule has 0 atom stereocenters. The van der Waals surface area contributed by atoms with E-state index in [-0.39, 0.29) is 5.91 Å². The molecular weight excluding hydrogens is 348 g/mol. The highest BCUT2D eigenvalue weighted by Gasteiger charge is 2.51. The van der Waals surface area contributed by atoms with Crippen LogP contribution in [0, 0.1) is 23.2 Å². The number of nitrogens with two attached hydrogens (primary N) is 1. The molecular formula is C23H28N4O. The third kappa shape index (κ3) is 3.27. The van der Waals surface area contributed by atoms with Crippen LogP contribution in [0.1, 0.15) is 51.1 Å². The molecule has 1 amide bonds. The fourth-order valence-electron chi connectivity index (χ4n) is 6.48. The summed E-state index contributed by atoms with van der Waals surface area (Å²) < 4.78 is 0. The average Bonchev–Trinajstić information content (AvgIpc) is 2.62. The first kappa shape index (κ1) is 17.7. The third-order valence-electron chi connectivity index (χ3n) is 7.05. The Hall–Kier alpha value is -2.43. The quantitative estimate of drug-likeness (QED) is 0.773. The summed E-state index contributed by atoms with van der Waals surface area (Å²) >= 11 is 0. The second kappa shape index (κ2) is 6.57. The predicted molar refractivity (Wildman–Crippen MR) is 110 cm³/mol. The molecule has 4 bridgehead atoms. The first-order valence-corrected chi connectivity index (χ1v) is 10.5. The number of nitrogen functional groups attached to an aromatic ring is 1. The minimum atomic E-state index is -0.0960. The van der Waals surface area contributed by atoms with Crippen LogP contribution in [-0.2, 0) is 11.2 Å². The van der Waals surface area contributed by atoms with Crippen LogP contribution in [-0.4, -0.2) is 15.9 Å². The van der Waals surface area contributed by atoms with Crippen LogP contribution in [0.5, 0.6) is 0 Å². The molecule has 146 valence electrons. The second-order valence-corrected chi connectivity index (χ2v) is 9.45. The molecule has 4 saturated carbocycles. The Morgan fingerprint density at radius 3 is 2.29 bits per heavy atom. The summed E-state index contributed by atoms with van der Waals surface area (Å²) in [5, 5.41) is 2.91. The van der Waals surface area contributed by atoms with E-state index in [1.54, 1.807) is 6.20 Å². The van der Waals surface area contributed by atoms with E-state index in [9.17, 15) is 4.79 Å². The third-order valence-corrected chi connectivity index (χ3v) is 7.05. The van der Waals surface area contributed by atoms with Gasteiger partial charge in [0.1, 0.15) is 0 Å². The van der Waals surface area contributed by atoms with E-state index in [1.165, 1.54) is 45.4 Å². The molecule has 5 nitrogen and oxygen atoms in total. The molecule has 1 aromatic heterocycles. The van der Waals surface area contributed by atoms with Crippen LogP contribution in [0.2, 0.25) is 0 Å². The number of carbonyl (C=O) groups excluding carboxylic acids is 1. The zero-order valence-electron chi connectivity index (χ0n) is 16.4. The van der Waals surface area contributed by atoms with Crippen LogP contribution in [0.4, 0.5) is 11.5 Å². The van der Waals surface area contributed by atoms with Crippen molar-refractivity contribution < 1.29 is 4.79 Å². The molecule has 1 aromatic carbocycles. The van der Waals surface area contributed by atoms with E-state index >= 15 is 0 Å². The van der Waals surface area contributed by atoms with Crippen molar-refractivity contribution in [2.45, 2.75) is 51.9 Å². The van der Waals surface area contributed by atoms with Gasteiger partial charge in [0.2, 0.25) is 5.91 Å². The number of benzene rings is 1. The van der Waals surface area contributed by atoms with Crippen molar-refractivity contribution in [3.63, 3.8) is 0 Å². The first-order valence-electron chi connectivity index (χ1n) is 10.5. The van der Waals surface area contributed by atoms with Gasteiger partial charge in [0.25, 0.3) is 0 Å². The lowest BCUT2D eigenvalue weighted by molar-refractivity contribution is -0.114. The number of nitrogens with zero attached hydrogens (tertiary/aromatic N) is 2. The fourth-order valence-corrected chi connectivity index (χ4v) is 6.48. The van der Waals surface area contributed by atoms with Gasteiger partial charge in [0, 0.05) is 18.2 Å². The van der Waals surface area contributed by atoms with Crippen LogP contribution >= 0.6 is 0 Å². The molecule has 0 spiro atoms. The maximum Gasteiger partial charge on any atom is 0.222 e. The first-order chi connectivity index (χ1) is 13.5. The molecule has 3 N–H and O–H groups in total. The number of aromatic nitrogens is 2. The molecule has 4 fully saturated rings. The number of hydrogen-bond acceptors (Lipinski definition) is 4. The molecule has 0 radical (unpaired) electrons. The summed E-state index contributed by atoms with van der Waals surface area (Å²) in [5.74, 6) is 3.21. The molecule has 0 unspecified atom stereocenters. The minimum absolute atomic E-state index is 0.0960. The van der Waals surface area contributed by atoms with Gasteiger partial charge in [-0.25, -0.2) is 9.97 Å². The highest BCUT2D eigenvalue weighted by molar-refractivity contribution is 5.88. The van der Waals surface area contributed by atoms with E-state index in [1.807, 2.05) is 24.3 Å². The van der Waals surface area contributed by atoms with Crippen LogP contribution in [0.25, 0.3) is 11.3 Å². The Bertz CT molecular complexity index is 870. The molecule has 28 heavy (non-hydrogen) atoms. The van der Waals surface area contributed by atoms with Crippen molar-refractivity contribution in [2.24, 2.45) is 23.2 Å². The minimum Gasteiger partial charge on any atom is -0.399 e. The Labute approximate surface area is 166 Å². The number of carbonyl (C=O) groups is 1. The van der Waals surface area contributed by atoms with Gasteiger partial charge < -0.3 is 11.1 Å². The standard InChI is InChI=1S/C23H28N4O/c1-14(28)26-22-20(27-21(13-25-22)18-2-4-19(24)5-3-18)12-23-9-15-6-16(10-23)8-17(7-15)11-23/h2-5,13,15-17H,6-12,24H2,1H3,(H,25,26,28). The fraction of sp³-hybridized carbons (Fsp3) is 0.522. The van der Waals surface area contributed by atoms with Gasteiger partial charge >= 0.3 is 0 Å². The zero-order valence-corrected chi connectivity index (χ0v) is 16.4. The molecule has 0 aliphatic heterocycles. The van der Waals surface area contributed by atoms with Gasteiger partial charge in [0.05, 0.1) is 17.6 Å². The van der Waals surface area contributed by atoms with Gasteiger partial charge in [0.15, 0.2) is 5.82 Å². The second-order valence-electron chi connectivity index (χ2n) is 9.45. The monoisotopic (exact) mass is 376 g/mol. The van der Waals surface area contributed by atoms with Crippen molar-refractivity contribution in [2.75, 3.05) is 11.1 Å². The SMILES string of the molecule is CC(=O)Nc1ncc(-c2ccc(N)cc2)nc1CC12CC3CC(CC(C3)C1)C2. The van der Waals surface area contributed by atoms with Gasteiger partial charge in [-0.3, -0.25) is 4.79 Å². The maximum atomic E-state index is 11.7. The number of amides is 1. The van der Waals surface area contributed by atoms with E-state index in [0.29, 0.717) is 11.2 Å². The maximum absolute atomic E-state index is 11.7. The Morgan fingerprint density at radius 1 is 1.11 bits per heavy atom. The van der Waals surface area contributed by atoms with Crippen molar-refractivity contribution in [1.29, 1.82) is 0 Å². The summed E-state index contributed by atoms with van der Waals surface area (Å²) in [7, 11) is 0. The summed E-state index contributed by atoms with van der Waals surface area (Å²) in [5.41, 5.74) is 9.69. The molecule has 5 heteroatoms.